The molecule has 0 unspecified atom stereocenters. The average molecular weight is 598 g/mol. The molecular formula is C28H19BrCl2N2O2S. The number of thioether (sulfide) groups is 1. The highest BCUT2D eigenvalue weighted by Gasteiger charge is 2.24. The lowest BCUT2D eigenvalue weighted by Crippen LogP contribution is -2.19. The average Bonchev–Trinajstić information content (AvgIpc) is 3.20. The first-order chi connectivity index (χ1) is 17.4. The molecule has 1 aliphatic rings. The predicted molar refractivity (Wildman–Crippen MR) is 154 cm³/mol. The summed E-state index contributed by atoms with van der Waals surface area (Å²) < 4.78 is 6.80. The van der Waals surface area contributed by atoms with Crippen LogP contribution in [0.4, 0.5) is 5.69 Å². The van der Waals surface area contributed by atoms with Crippen molar-refractivity contribution in [3.63, 3.8) is 0 Å². The van der Waals surface area contributed by atoms with Crippen LogP contribution in [0.3, 0.4) is 0 Å². The van der Waals surface area contributed by atoms with Gasteiger partial charge in [-0.15, -0.1) is 0 Å². The minimum Gasteiger partial charge on any atom is -0.486 e. The first kappa shape index (κ1) is 24.9. The topological polar surface area (TPSA) is 50.7 Å². The van der Waals surface area contributed by atoms with Crippen LogP contribution in [0.2, 0.25) is 10.0 Å². The molecule has 4 nitrogen and oxygen atoms in total. The molecule has 36 heavy (non-hydrogen) atoms. The molecule has 1 heterocycles. The van der Waals surface area contributed by atoms with E-state index in [1.54, 1.807) is 12.1 Å². The fourth-order valence-corrected chi connectivity index (χ4v) is 5.82. The molecule has 0 bridgehead atoms. The minimum atomic E-state index is -0.220. The second-order valence-corrected chi connectivity index (χ2v) is 10.8. The molecule has 1 fully saturated rings. The van der Waals surface area contributed by atoms with Crippen molar-refractivity contribution in [1.29, 1.82) is 0 Å². The van der Waals surface area contributed by atoms with Gasteiger partial charge >= 0.3 is 0 Å². The summed E-state index contributed by atoms with van der Waals surface area (Å²) >= 11 is 17.6. The molecule has 180 valence electrons. The molecule has 1 aliphatic heterocycles. The van der Waals surface area contributed by atoms with Crippen LogP contribution in [0.25, 0.3) is 16.8 Å². The number of amidine groups is 1. The maximum Gasteiger partial charge on any atom is 0.264 e. The van der Waals surface area contributed by atoms with E-state index in [1.807, 2.05) is 55.5 Å². The number of hydrogen-bond acceptors (Lipinski definition) is 4. The molecule has 0 aromatic heterocycles. The number of hydrogen-bond donors (Lipinski definition) is 1. The molecule has 0 aliphatic carbocycles. The fourth-order valence-electron chi connectivity index (χ4n) is 3.83. The number of ether oxygens (including phenoxy) is 1. The second-order valence-electron chi connectivity index (χ2n) is 8.11. The quantitative estimate of drug-likeness (QED) is 0.234. The number of fused-ring (bicyclic) bond motifs is 1. The van der Waals surface area contributed by atoms with E-state index in [9.17, 15) is 4.79 Å². The summed E-state index contributed by atoms with van der Waals surface area (Å²) in [6, 6.07) is 23.5. The second kappa shape index (κ2) is 10.7. The number of rotatable bonds is 5. The monoisotopic (exact) mass is 596 g/mol. The number of nitrogens with one attached hydrogen (secondary N) is 1. The van der Waals surface area contributed by atoms with E-state index in [0.29, 0.717) is 42.6 Å². The number of nitrogens with zero attached hydrogens (tertiary/aromatic N) is 1. The summed E-state index contributed by atoms with van der Waals surface area (Å²) in [6.07, 6.45) is 1.78. The first-order valence-electron chi connectivity index (χ1n) is 11.0. The summed E-state index contributed by atoms with van der Waals surface area (Å²) in [5.74, 6) is 0.330. The summed E-state index contributed by atoms with van der Waals surface area (Å²) in [5, 5.41) is 6.68. The van der Waals surface area contributed by atoms with Gasteiger partial charge in [-0.05, 0) is 92.4 Å². The summed E-state index contributed by atoms with van der Waals surface area (Å²) in [6.45, 7) is 2.27. The highest BCUT2D eigenvalue weighted by Crippen LogP contribution is 2.37. The van der Waals surface area contributed by atoms with Gasteiger partial charge in [0.1, 0.15) is 6.61 Å². The van der Waals surface area contributed by atoms with E-state index < -0.39 is 0 Å². The number of amides is 1. The third kappa shape index (κ3) is 5.32. The largest absolute Gasteiger partial charge is 0.486 e. The first-order valence-corrected chi connectivity index (χ1v) is 13.4. The Morgan fingerprint density at radius 2 is 1.81 bits per heavy atom. The Bertz CT molecular complexity index is 1540. The molecular weight excluding hydrogens is 579 g/mol. The predicted octanol–water partition coefficient (Wildman–Crippen LogP) is 8.69. The van der Waals surface area contributed by atoms with Gasteiger partial charge in [-0.25, -0.2) is 4.99 Å². The zero-order chi connectivity index (χ0) is 25.2. The van der Waals surface area contributed by atoms with Gasteiger partial charge in [-0.1, -0.05) is 71.7 Å². The number of benzene rings is 4. The number of carbonyl (C=O) groups is 1. The van der Waals surface area contributed by atoms with Gasteiger partial charge in [0.05, 0.1) is 20.1 Å². The third-order valence-electron chi connectivity index (χ3n) is 5.68. The Morgan fingerprint density at radius 1 is 1.03 bits per heavy atom. The Morgan fingerprint density at radius 3 is 2.64 bits per heavy atom. The van der Waals surface area contributed by atoms with E-state index in [2.05, 4.69) is 44.4 Å². The Balaban J connectivity index is 1.35. The SMILES string of the molecule is Cc1c(Cl)cccc1N=C1NC(=O)/C(=C\c2cc(Cl)c(OCc3cccc4ccccc34)c(Br)c2)S1. The van der Waals surface area contributed by atoms with Crippen molar-refractivity contribution in [3.05, 3.63) is 109 Å². The van der Waals surface area contributed by atoms with Gasteiger partial charge in [0.2, 0.25) is 0 Å². The summed E-state index contributed by atoms with van der Waals surface area (Å²) in [7, 11) is 0. The lowest BCUT2D eigenvalue weighted by Gasteiger charge is -2.13. The van der Waals surface area contributed by atoms with Gasteiger partial charge < -0.3 is 10.1 Å². The van der Waals surface area contributed by atoms with Gasteiger partial charge in [0.25, 0.3) is 5.91 Å². The molecule has 0 spiro atoms. The smallest absolute Gasteiger partial charge is 0.264 e. The Labute approximate surface area is 231 Å². The van der Waals surface area contributed by atoms with E-state index in [4.69, 9.17) is 27.9 Å². The number of aliphatic imine (C=N–C) groups is 1. The lowest BCUT2D eigenvalue weighted by atomic mass is 10.1. The van der Waals surface area contributed by atoms with Crippen molar-refractivity contribution in [1.82, 2.24) is 5.32 Å². The van der Waals surface area contributed by atoms with Crippen molar-refractivity contribution >= 4 is 84.5 Å². The maximum atomic E-state index is 12.6. The van der Waals surface area contributed by atoms with Gasteiger partial charge in [-0.2, -0.15) is 0 Å². The zero-order valence-electron chi connectivity index (χ0n) is 19.0. The number of halogens is 3. The molecule has 0 atom stereocenters. The molecule has 0 saturated carbocycles. The van der Waals surface area contributed by atoms with Crippen LogP contribution in [-0.4, -0.2) is 11.1 Å². The highest BCUT2D eigenvalue weighted by molar-refractivity contribution is 9.10. The van der Waals surface area contributed by atoms with Crippen molar-refractivity contribution in [2.45, 2.75) is 13.5 Å². The van der Waals surface area contributed by atoms with Crippen molar-refractivity contribution in [3.8, 4) is 5.75 Å². The molecule has 4 aromatic rings. The van der Waals surface area contributed by atoms with E-state index in [0.717, 1.165) is 27.5 Å². The van der Waals surface area contributed by atoms with Gasteiger partial charge in [0.15, 0.2) is 10.9 Å². The van der Waals surface area contributed by atoms with Crippen LogP contribution in [0.1, 0.15) is 16.7 Å². The molecule has 1 N–H and O–H groups in total. The van der Waals surface area contributed by atoms with Crippen LogP contribution in [0.15, 0.2) is 87.2 Å². The molecule has 8 heteroatoms. The Kier molecular flexibility index (Phi) is 7.39. The van der Waals surface area contributed by atoms with E-state index in [-0.39, 0.29) is 5.91 Å². The molecule has 0 radical (unpaired) electrons. The minimum absolute atomic E-state index is 0.220. The van der Waals surface area contributed by atoms with Crippen LogP contribution in [0.5, 0.6) is 5.75 Å². The van der Waals surface area contributed by atoms with Crippen LogP contribution in [0, 0.1) is 6.92 Å². The van der Waals surface area contributed by atoms with Crippen LogP contribution >= 0.6 is 50.9 Å². The Hall–Kier alpha value is -2.77. The lowest BCUT2D eigenvalue weighted by molar-refractivity contribution is -0.115. The molecule has 1 saturated heterocycles. The van der Waals surface area contributed by atoms with Crippen molar-refractivity contribution in [2.24, 2.45) is 4.99 Å². The van der Waals surface area contributed by atoms with Gasteiger partial charge in [-0.3, -0.25) is 4.79 Å². The zero-order valence-corrected chi connectivity index (χ0v) is 22.9. The molecule has 4 aromatic carbocycles. The fraction of sp³-hybridized carbons (Fsp3) is 0.0714. The number of carbonyl (C=O) groups excluding carboxylic acids is 1. The summed E-state index contributed by atoms with van der Waals surface area (Å²) in [5.41, 5.74) is 3.41. The standard InChI is InChI=1S/C28H19BrCl2N2O2S/c1-16-22(30)10-5-11-24(16)32-28-33-27(34)25(36-28)14-17-12-21(29)26(23(31)13-17)35-15-19-8-4-7-18-6-2-3-9-20(18)19/h2-14H,15H2,1H3,(H,32,33,34)/b25-14+. The molecule has 5 rings (SSSR count). The highest BCUT2D eigenvalue weighted by atomic mass is 79.9. The van der Waals surface area contributed by atoms with E-state index >= 15 is 0 Å². The van der Waals surface area contributed by atoms with Crippen molar-refractivity contribution < 1.29 is 9.53 Å². The normalized spacial score (nSPS) is 15.6. The van der Waals surface area contributed by atoms with Gasteiger partial charge in [0, 0.05) is 5.02 Å². The maximum absolute atomic E-state index is 12.6. The summed E-state index contributed by atoms with van der Waals surface area (Å²) in [4.78, 5) is 17.6. The third-order valence-corrected chi connectivity index (χ3v) is 7.87. The van der Waals surface area contributed by atoms with Crippen LogP contribution in [-0.2, 0) is 11.4 Å². The molecule has 1 amide bonds. The van der Waals surface area contributed by atoms with Crippen LogP contribution < -0.4 is 10.1 Å². The van der Waals surface area contributed by atoms with Crippen molar-refractivity contribution in [2.75, 3.05) is 0 Å². The van der Waals surface area contributed by atoms with E-state index in [1.165, 1.54) is 11.8 Å².